The molecule has 0 bridgehead atoms. The van der Waals surface area contributed by atoms with E-state index in [1.165, 1.54) is 50.8 Å². The van der Waals surface area contributed by atoms with Gasteiger partial charge in [-0.3, -0.25) is 4.90 Å². The summed E-state index contributed by atoms with van der Waals surface area (Å²) < 4.78 is 0. The van der Waals surface area contributed by atoms with Crippen molar-refractivity contribution in [3.05, 3.63) is 23.9 Å². The molecule has 0 aromatic carbocycles. The van der Waals surface area contributed by atoms with Crippen LogP contribution in [-0.4, -0.2) is 29.5 Å². The van der Waals surface area contributed by atoms with Crippen LogP contribution in [0, 0.1) is 0 Å². The average molecular weight is 247 g/mol. The van der Waals surface area contributed by atoms with Crippen LogP contribution in [-0.2, 0) is 6.54 Å². The third kappa shape index (κ3) is 4.30. The van der Waals surface area contributed by atoms with Gasteiger partial charge < -0.3 is 5.32 Å². The summed E-state index contributed by atoms with van der Waals surface area (Å²) in [6.45, 7) is 6.60. The highest BCUT2D eigenvalue weighted by molar-refractivity contribution is 5.37. The maximum Gasteiger partial charge on any atom is 0.126 e. The molecular weight excluding hydrogens is 222 g/mol. The second kappa shape index (κ2) is 7.37. The number of pyridine rings is 1. The number of hydrogen-bond donors (Lipinski definition) is 1. The number of aromatic nitrogens is 1. The molecule has 0 amide bonds. The van der Waals surface area contributed by atoms with Crippen LogP contribution in [0.3, 0.4) is 0 Å². The van der Waals surface area contributed by atoms with Gasteiger partial charge in [0.2, 0.25) is 0 Å². The van der Waals surface area contributed by atoms with Crippen LogP contribution < -0.4 is 5.32 Å². The minimum absolute atomic E-state index is 0.931. The number of anilines is 1. The summed E-state index contributed by atoms with van der Waals surface area (Å²) in [5, 5.41) is 3.28. The molecule has 0 radical (unpaired) electrons. The second-order valence-corrected chi connectivity index (χ2v) is 5.12. The van der Waals surface area contributed by atoms with Gasteiger partial charge in [0.25, 0.3) is 0 Å². The highest BCUT2D eigenvalue weighted by Crippen LogP contribution is 2.14. The molecule has 3 heteroatoms. The zero-order valence-electron chi connectivity index (χ0n) is 11.5. The van der Waals surface area contributed by atoms with Crippen molar-refractivity contribution in [3.63, 3.8) is 0 Å². The number of nitrogens with zero attached hydrogens (tertiary/aromatic N) is 2. The molecule has 18 heavy (non-hydrogen) atoms. The molecule has 1 aromatic heterocycles. The van der Waals surface area contributed by atoms with Crippen molar-refractivity contribution in [2.75, 3.05) is 25.0 Å². The van der Waals surface area contributed by atoms with Crippen LogP contribution >= 0.6 is 0 Å². The maximum atomic E-state index is 4.33. The van der Waals surface area contributed by atoms with Gasteiger partial charge in [0, 0.05) is 19.3 Å². The minimum Gasteiger partial charge on any atom is -0.370 e. The van der Waals surface area contributed by atoms with Gasteiger partial charge in [0.15, 0.2) is 0 Å². The summed E-state index contributed by atoms with van der Waals surface area (Å²) in [6.07, 6.45) is 8.84. The lowest BCUT2D eigenvalue weighted by molar-refractivity contribution is 0.240. The average Bonchev–Trinajstić information content (AvgIpc) is 2.33. The van der Waals surface area contributed by atoms with E-state index >= 15 is 0 Å². The Morgan fingerprint density at radius 1 is 1.17 bits per heavy atom. The Balaban J connectivity index is 1.92. The van der Waals surface area contributed by atoms with Crippen molar-refractivity contribution in [2.45, 2.75) is 45.6 Å². The predicted octanol–water partition coefficient (Wildman–Crippen LogP) is 3.28. The molecule has 1 fully saturated rings. The van der Waals surface area contributed by atoms with Crippen molar-refractivity contribution >= 4 is 5.82 Å². The smallest absolute Gasteiger partial charge is 0.126 e. The second-order valence-electron chi connectivity index (χ2n) is 5.12. The van der Waals surface area contributed by atoms with Gasteiger partial charge >= 0.3 is 0 Å². The van der Waals surface area contributed by atoms with Crippen LogP contribution in [0.5, 0.6) is 0 Å². The van der Waals surface area contributed by atoms with Crippen LogP contribution in [0.2, 0.25) is 0 Å². The topological polar surface area (TPSA) is 28.2 Å². The molecule has 1 N–H and O–H groups in total. The fraction of sp³-hybridized carbons (Fsp3) is 0.667. The summed E-state index contributed by atoms with van der Waals surface area (Å²) >= 11 is 0. The Morgan fingerprint density at radius 3 is 2.61 bits per heavy atom. The predicted molar refractivity (Wildman–Crippen MR) is 76.8 cm³/mol. The van der Waals surface area contributed by atoms with E-state index in [9.17, 15) is 0 Å². The van der Waals surface area contributed by atoms with E-state index in [-0.39, 0.29) is 0 Å². The first-order valence-corrected chi connectivity index (χ1v) is 7.29. The maximum absolute atomic E-state index is 4.33. The molecule has 1 saturated heterocycles. The van der Waals surface area contributed by atoms with Gasteiger partial charge in [0.05, 0.1) is 0 Å². The van der Waals surface area contributed by atoms with Crippen molar-refractivity contribution in [2.24, 2.45) is 0 Å². The quantitative estimate of drug-likeness (QED) is 0.885. The Labute approximate surface area is 111 Å². The Bertz CT molecular complexity index is 343. The van der Waals surface area contributed by atoms with Crippen LogP contribution in [0.15, 0.2) is 18.3 Å². The summed E-state index contributed by atoms with van der Waals surface area (Å²) in [5.74, 6) is 1.00. The van der Waals surface area contributed by atoms with Crippen LogP contribution in [0.1, 0.15) is 44.6 Å². The SMILES string of the molecule is CCNc1cc(CN2CCCCCCC2)ccn1. The van der Waals surface area contributed by atoms with E-state index in [4.69, 9.17) is 0 Å². The van der Waals surface area contributed by atoms with Crippen molar-refractivity contribution in [1.82, 2.24) is 9.88 Å². The van der Waals surface area contributed by atoms with Gasteiger partial charge in [-0.1, -0.05) is 19.3 Å². The van der Waals surface area contributed by atoms with E-state index < -0.39 is 0 Å². The minimum atomic E-state index is 0.931. The first-order valence-electron chi connectivity index (χ1n) is 7.29. The molecule has 1 aliphatic rings. The molecule has 2 heterocycles. The van der Waals surface area contributed by atoms with Crippen molar-refractivity contribution in [3.8, 4) is 0 Å². The first-order chi connectivity index (χ1) is 8.88. The van der Waals surface area contributed by atoms with Crippen molar-refractivity contribution < 1.29 is 0 Å². The molecule has 0 saturated carbocycles. The molecule has 3 nitrogen and oxygen atoms in total. The molecule has 0 atom stereocenters. The molecule has 2 rings (SSSR count). The van der Waals surface area contributed by atoms with E-state index in [2.05, 4.69) is 34.3 Å². The molecule has 1 aliphatic heterocycles. The third-order valence-electron chi connectivity index (χ3n) is 3.54. The van der Waals surface area contributed by atoms with Gasteiger partial charge in [-0.05, 0) is 50.6 Å². The Morgan fingerprint density at radius 2 is 1.89 bits per heavy atom. The molecule has 0 aliphatic carbocycles. The lowest BCUT2D eigenvalue weighted by atomic mass is 10.1. The highest BCUT2D eigenvalue weighted by atomic mass is 15.1. The molecule has 1 aromatic rings. The number of nitrogens with one attached hydrogen (secondary N) is 1. The fourth-order valence-electron chi connectivity index (χ4n) is 2.58. The summed E-state index contributed by atoms with van der Waals surface area (Å²) in [7, 11) is 0. The third-order valence-corrected chi connectivity index (χ3v) is 3.54. The summed E-state index contributed by atoms with van der Waals surface area (Å²) in [5.41, 5.74) is 1.38. The molecule has 0 spiro atoms. The molecule has 100 valence electrons. The van der Waals surface area contributed by atoms with E-state index in [1.807, 2.05) is 6.20 Å². The van der Waals surface area contributed by atoms with E-state index in [0.717, 1.165) is 18.9 Å². The Kier molecular flexibility index (Phi) is 5.46. The zero-order valence-corrected chi connectivity index (χ0v) is 11.5. The van der Waals surface area contributed by atoms with Crippen LogP contribution in [0.4, 0.5) is 5.82 Å². The first kappa shape index (κ1) is 13.3. The van der Waals surface area contributed by atoms with E-state index in [1.54, 1.807) is 0 Å². The van der Waals surface area contributed by atoms with Gasteiger partial charge in [-0.25, -0.2) is 4.98 Å². The fourth-order valence-corrected chi connectivity index (χ4v) is 2.58. The van der Waals surface area contributed by atoms with Crippen molar-refractivity contribution in [1.29, 1.82) is 0 Å². The van der Waals surface area contributed by atoms with Gasteiger partial charge in [0.1, 0.15) is 5.82 Å². The Hall–Kier alpha value is -1.09. The van der Waals surface area contributed by atoms with E-state index in [0.29, 0.717) is 0 Å². The monoisotopic (exact) mass is 247 g/mol. The van der Waals surface area contributed by atoms with Crippen LogP contribution in [0.25, 0.3) is 0 Å². The molecular formula is C15H25N3. The number of hydrogen-bond acceptors (Lipinski definition) is 3. The van der Waals surface area contributed by atoms with Gasteiger partial charge in [-0.2, -0.15) is 0 Å². The standard InChI is InChI=1S/C15H25N3/c1-2-16-15-12-14(8-9-17-15)13-18-10-6-4-3-5-7-11-18/h8-9,12H,2-7,10-11,13H2,1H3,(H,16,17). The summed E-state index contributed by atoms with van der Waals surface area (Å²) in [4.78, 5) is 6.91. The zero-order chi connectivity index (χ0) is 12.6. The molecule has 0 unspecified atom stereocenters. The lowest BCUT2D eigenvalue weighted by Gasteiger charge is -2.24. The van der Waals surface area contributed by atoms with Gasteiger partial charge in [-0.15, -0.1) is 0 Å². The lowest BCUT2D eigenvalue weighted by Crippen LogP contribution is -2.26. The number of likely N-dealkylation sites (tertiary alicyclic amines) is 1. The summed E-state index contributed by atoms with van der Waals surface area (Å²) in [6, 6.07) is 4.32. The number of rotatable bonds is 4. The normalized spacial score (nSPS) is 18.1. The highest BCUT2D eigenvalue weighted by Gasteiger charge is 2.09. The largest absolute Gasteiger partial charge is 0.370 e.